The predicted octanol–water partition coefficient (Wildman–Crippen LogP) is 1.61. The zero-order valence-corrected chi connectivity index (χ0v) is 18.3. The standard InChI is InChI=1S/C24H33N5O2/c1-27-15-17(20-6-2-3-7-21(20)27)13-25-18-12-22-24(31)26-14-19(29(22)16-18)8-9-23(30)28-10-4-5-11-28/h2-3,6-7,15,18-19,22,25H,4-5,8-14,16H2,1H3,(H,26,31)/t18-,19-,22-/m1/s1. The zero-order chi connectivity index (χ0) is 21.4. The van der Waals surface area contributed by atoms with E-state index in [1.165, 1.54) is 16.5 Å². The number of rotatable bonds is 6. The Kier molecular flexibility index (Phi) is 5.71. The van der Waals surface area contributed by atoms with Crippen LogP contribution in [-0.4, -0.2) is 70.5 Å². The van der Waals surface area contributed by atoms with Crippen molar-refractivity contribution in [3.63, 3.8) is 0 Å². The van der Waals surface area contributed by atoms with E-state index in [4.69, 9.17) is 0 Å². The van der Waals surface area contributed by atoms with Gasteiger partial charge in [0, 0.05) is 75.4 Å². The summed E-state index contributed by atoms with van der Waals surface area (Å²) in [5, 5.41) is 8.06. The van der Waals surface area contributed by atoms with Crippen LogP contribution in [0.15, 0.2) is 30.5 Å². The molecule has 0 aliphatic carbocycles. The van der Waals surface area contributed by atoms with Gasteiger partial charge in [0.1, 0.15) is 0 Å². The van der Waals surface area contributed by atoms with Gasteiger partial charge >= 0.3 is 0 Å². The Morgan fingerprint density at radius 1 is 1.23 bits per heavy atom. The molecule has 3 atom stereocenters. The van der Waals surface area contributed by atoms with E-state index in [1.807, 2.05) is 4.90 Å². The van der Waals surface area contributed by atoms with Crippen molar-refractivity contribution in [3.05, 3.63) is 36.0 Å². The Hall–Kier alpha value is -2.38. The minimum atomic E-state index is -0.0781. The summed E-state index contributed by atoms with van der Waals surface area (Å²) in [6.45, 7) is 4.13. The van der Waals surface area contributed by atoms with E-state index in [9.17, 15) is 9.59 Å². The third-order valence-electron chi connectivity index (χ3n) is 7.33. The fourth-order valence-corrected chi connectivity index (χ4v) is 5.63. The van der Waals surface area contributed by atoms with Gasteiger partial charge in [0.15, 0.2) is 0 Å². The molecule has 0 spiro atoms. The smallest absolute Gasteiger partial charge is 0.237 e. The highest BCUT2D eigenvalue weighted by atomic mass is 16.2. The third kappa shape index (κ3) is 4.08. The molecule has 1 aromatic heterocycles. The van der Waals surface area contributed by atoms with Crippen LogP contribution in [0.3, 0.4) is 0 Å². The maximum Gasteiger partial charge on any atom is 0.237 e. The summed E-state index contributed by atoms with van der Waals surface area (Å²) in [5.74, 6) is 0.410. The van der Waals surface area contributed by atoms with Crippen molar-refractivity contribution in [3.8, 4) is 0 Å². The summed E-state index contributed by atoms with van der Waals surface area (Å²) in [4.78, 5) is 29.3. The van der Waals surface area contributed by atoms with Crippen LogP contribution >= 0.6 is 0 Å². The molecule has 3 fully saturated rings. The highest BCUT2D eigenvalue weighted by molar-refractivity contribution is 5.84. The number of hydrogen-bond donors (Lipinski definition) is 2. The minimum absolute atomic E-state index is 0.0781. The average molecular weight is 424 g/mol. The van der Waals surface area contributed by atoms with E-state index >= 15 is 0 Å². The van der Waals surface area contributed by atoms with E-state index < -0.39 is 0 Å². The van der Waals surface area contributed by atoms with Crippen molar-refractivity contribution < 1.29 is 9.59 Å². The summed E-state index contributed by atoms with van der Waals surface area (Å²) in [6, 6.07) is 8.92. The summed E-state index contributed by atoms with van der Waals surface area (Å²) < 4.78 is 2.17. The molecule has 7 nitrogen and oxygen atoms in total. The lowest BCUT2D eigenvalue weighted by molar-refractivity contribution is -0.131. The van der Waals surface area contributed by atoms with E-state index in [0.717, 1.165) is 51.9 Å². The number of benzene rings is 1. The van der Waals surface area contributed by atoms with Gasteiger partial charge in [0.2, 0.25) is 11.8 Å². The highest BCUT2D eigenvalue weighted by Gasteiger charge is 2.43. The predicted molar refractivity (Wildman–Crippen MR) is 121 cm³/mol. The van der Waals surface area contributed by atoms with Gasteiger partial charge in [-0.25, -0.2) is 0 Å². The zero-order valence-electron chi connectivity index (χ0n) is 18.3. The van der Waals surface area contributed by atoms with Gasteiger partial charge < -0.3 is 20.1 Å². The Morgan fingerprint density at radius 2 is 2.03 bits per heavy atom. The molecular formula is C24H33N5O2. The molecule has 166 valence electrons. The largest absolute Gasteiger partial charge is 0.353 e. The molecule has 4 heterocycles. The fraction of sp³-hybridized carbons (Fsp3) is 0.583. The number of aromatic nitrogens is 1. The summed E-state index contributed by atoms with van der Waals surface area (Å²) in [6.07, 6.45) is 6.68. The topological polar surface area (TPSA) is 69.6 Å². The lowest BCUT2D eigenvalue weighted by atomic mass is 10.0. The molecule has 0 radical (unpaired) electrons. The summed E-state index contributed by atoms with van der Waals surface area (Å²) in [5.41, 5.74) is 2.53. The second kappa shape index (κ2) is 8.63. The number of likely N-dealkylation sites (tertiary alicyclic amines) is 1. The van der Waals surface area contributed by atoms with Gasteiger partial charge in [-0.1, -0.05) is 18.2 Å². The molecule has 7 heteroatoms. The third-order valence-corrected chi connectivity index (χ3v) is 7.33. The van der Waals surface area contributed by atoms with Crippen LogP contribution in [-0.2, 0) is 23.2 Å². The number of hydrogen-bond acceptors (Lipinski definition) is 4. The number of carbonyl (C=O) groups is 2. The lowest BCUT2D eigenvalue weighted by Crippen LogP contribution is -2.58. The maximum atomic E-state index is 12.5. The number of carbonyl (C=O) groups excluding carboxylic acids is 2. The van der Waals surface area contributed by atoms with Crippen LogP contribution in [0.4, 0.5) is 0 Å². The van der Waals surface area contributed by atoms with E-state index in [-0.39, 0.29) is 29.9 Å². The number of amides is 2. The van der Waals surface area contributed by atoms with Crippen LogP contribution in [0.25, 0.3) is 10.9 Å². The van der Waals surface area contributed by atoms with Crippen LogP contribution in [0.5, 0.6) is 0 Å². The van der Waals surface area contributed by atoms with Crippen molar-refractivity contribution >= 4 is 22.7 Å². The van der Waals surface area contributed by atoms with Crippen LogP contribution in [0.1, 0.15) is 37.7 Å². The first kappa shape index (κ1) is 20.5. The van der Waals surface area contributed by atoms with Crippen molar-refractivity contribution in [1.29, 1.82) is 0 Å². The van der Waals surface area contributed by atoms with Gasteiger partial charge in [-0.15, -0.1) is 0 Å². The monoisotopic (exact) mass is 423 g/mol. The summed E-state index contributed by atoms with van der Waals surface area (Å²) in [7, 11) is 2.08. The Labute approximate surface area is 183 Å². The second-order valence-corrected chi connectivity index (χ2v) is 9.33. The van der Waals surface area contributed by atoms with Gasteiger partial charge in [-0.2, -0.15) is 0 Å². The number of nitrogens with zero attached hydrogens (tertiary/aromatic N) is 3. The molecule has 5 rings (SSSR count). The number of aryl methyl sites for hydroxylation is 1. The van der Waals surface area contributed by atoms with Crippen molar-refractivity contribution in [2.75, 3.05) is 26.2 Å². The van der Waals surface area contributed by atoms with Crippen molar-refractivity contribution in [2.45, 2.75) is 56.8 Å². The molecule has 2 amide bonds. The molecule has 2 aromatic rings. The van der Waals surface area contributed by atoms with Crippen LogP contribution in [0.2, 0.25) is 0 Å². The Morgan fingerprint density at radius 3 is 2.87 bits per heavy atom. The van der Waals surface area contributed by atoms with Gasteiger partial charge in [-0.05, 0) is 37.3 Å². The van der Waals surface area contributed by atoms with Gasteiger partial charge in [-0.3, -0.25) is 14.5 Å². The molecule has 0 unspecified atom stereocenters. The molecule has 1 aromatic carbocycles. The molecule has 0 saturated carbocycles. The summed E-state index contributed by atoms with van der Waals surface area (Å²) >= 11 is 0. The average Bonchev–Trinajstić information content (AvgIpc) is 3.52. The van der Waals surface area contributed by atoms with Crippen molar-refractivity contribution in [2.24, 2.45) is 7.05 Å². The SMILES string of the molecule is Cn1cc(CN[C@@H]2C[C@@H]3C(=O)NC[C@@H](CCC(=O)N4CCCC4)N3C2)c2ccccc21. The molecule has 31 heavy (non-hydrogen) atoms. The number of piperazine rings is 1. The number of para-hydroxylation sites is 1. The van der Waals surface area contributed by atoms with E-state index in [1.54, 1.807) is 0 Å². The maximum absolute atomic E-state index is 12.5. The number of nitrogens with one attached hydrogen (secondary N) is 2. The van der Waals surface area contributed by atoms with E-state index in [0.29, 0.717) is 13.0 Å². The molecule has 2 N–H and O–H groups in total. The Balaban J connectivity index is 1.20. The first-order chi connectivity index (χ1) is 15.1. The Bertz CT molecular complexity index is 964. The molecule has 0 bridgehead atoms. The normalized spacial score (nSPS) is 26.4. The van der Waals surface area contributed by atoms with Crippen LogP contribution < -0.4 is 10.6 Å². The first-order valence-electron chi connectivity index (χ1n) is 11.7. The van der Waals surface area contributed by atoms with E-state index in [2.05, 4.69) is 57.6 Å². The molecule has 3 aliphatic heterocycles. The molecule has 3 saturated heterocycles. The molecular weight excluding hydrogens is 390 g/mol. The molecule has 3 aliphatic rings. The van der Waals surface area contributed by atoms with Crippen molar-refractivity contribution in [1.82, 2.24) is 25.0 Å². The van der Waals surface area contributed by atoms with Crippen LogP contribution in [0, 0.1) is 0 Å². The number of fused-ring (bicyclic) bond motifs is 2. The van der Waals surface area contributed by atoms with Gasteiger partial charge in [0.05, 0.1) is 6.04 Å². The second-order valence-electron chi connectivity index (χ2n) is 9.33. The highest BCUT2D eigenvalue weighted by Crippen LogP contribution is 2.27. The quantitative estimate of drug-likeness (QED) is 0.741. The lowest BCUT2D eigenvalue weighted by Gasteiger charge is -2.37. The first-order valence-corrected chi connectivity index (χ1v) is 11.7. The minimum Gasteiger partial charge on any atom is -0.353 e. The fourth-order valence-electron chi connectivity index (χ4n) is 5.63. The van der Waals surface area contributed by atoms with Gasteiger partial charge in [0.25, 0.3) is 0 Å².